The van der Waals surface area contributed by atoms with Gasteiger partial charge in [0.1, 0.15) is 12.1 Å². The highest BCUT2D eigenvalue weighted by molar-refractivity contribution is 5.98. The molecule has 4 aliphatic carbocycles. The second-order valence-corrected chi connectivity index (χ2v) is 9.79. The van der Waals surface area contributed by atoms with E-state index in [1.165, 1.54) is 17.5 Å². The van der Waals surface area contributed by atoms with Crippen LogP contribution in [0.4, 0.5) is 0 Å². The standard InChI is InChI=1S/C24H34N4O3/c1-24-13-16(4-2-3-5-22(30)31)23-18-9-7-17(28-27-14-26-25)12-15(18)6-8-19(23)20(24)10-11-21(24)29/h12,14,16,19-20H,2-11,13,25H2,1H3,(H,26,27)(H,30,31)/t16-,19-,20-,24-/m0/s1. The Bertz CT molecular complexity index is 872. The quantitative estimate of drug-likeness (QED) is 0.188. The van der Waals surface area contributed by atoms with Gasteiger partial charge in [0.15, 0.2) is 0 Å². The van der Waals surface area contributed by atoms with Crippen LogP contribution in [0.1, 0.15) is 77.6 Å². The number of hydrogen-bond donors (Lipinski definition) is 3. The van der Waals surface area contributed by atoms with Crippen LogP contribution in [0.25, 0.3) is 0 Å². The molecule has 0 aromatic rings. The monoisotopic (exact) mass is 426 g/mol. The smallest absolute Gasteiger partial charge is 0.303 e. The number of carbonyl (C=O) groups is 2. The largest absolute Gasteiger partial charge is 0.481 e. The first kappa shape index (κ1) is 21.8. The zero-order chi connectivity index (χ0) is 22.0. The van der Waals surface area contributed by atoms with Crippen LogP contribution in [0.2, 0.25) is 0 Å². The van der Waals surface area contributed by atoms with E-state index in [4.69, 9.17) is 10.9 Å². The normalized spacial score (nSPS) is 33.8. The first-order chi connectivity index (χ1) is 14.9. The topological polar surface area (TPSA) is 117 Å². The molecule has 4 aliphatic rings. The lowest BCUT2D eigenvalue weighted by Gasteiger charge is -2.50. The van der Waals surface area contributed by atoms with Crippen molar-refractivity contribution in [3.8, 4) is 0 Å². The highest BCUT2D eigenvalue weighted by Gasteiger charge is 2.55. The third kappa shape index (κ3) is 4.19. The maximum absolute atomic E-state index is 12.9. The van der Waals surface area contributed by atoms with Gasteiger partial charge in [-0.3, -0.25) is 15.0 Å². The molecule has 0 heterocycles. The molecular formula is C24H34N4O3. The second-order valence-electron chi connectivity index (χ2n) is 9.79. The molecule has 0 aromatic carbocycles. The van der Waals surface area contributed by atoms with Crippen molar-refractivity contribution in [2.24, 2.45) is 39.2 Å². The van der Waals surface area contributed by atoms with Gasteiger partial charge in [-0.05, 0) is 86.3 Å². The zero-order valence-electron chi connectivity index (χ0n) is 18.4. The number of fused-ring (bicyclic) bond motifs is 4. The van der Waals surface area contributed by atoms with Gasteiger partial charge >= 0.3 is 5.97 Å². The number of allylic oxidation sites excluding steroid dienone is 4. The summed E-state index contributed by atoms with van der Waals surface area (Å²) in [7, 11) is 0. The minimum absolute atomic E-state index is 0.194. The summed E-state index contributed by atoms with van der Waals surface area (Å²) in [6.07, 6.45) is 13.1. The minimum Gasteiger partial charge on any atom is -0.481 e. The molecule has 0 unspecified atom stereocenters. The van der Waals surface area contributed by atoms with E-state index in [1.807, 2.05) is 0 Å². The number of carboxylic acids is 1. The van der Waals surface area contributed by atoms with Crippen LogP contribution in [0, 0.1) is 23.2 Å². The van der Waals surface area contributed by atoms with E-state index in [1.54, 1.807) is 5.57 Å². The summed E-state index contributed by atoms with van der Waals surface area (Å²) < 4.78 is 0. The van der Waals surface area contributed by atoms with Crippen LogP contribution in [0.15, 0.2) is 33.0 Å². The highest BCUT2D eigenvalue weighted by atomic mass is 16.4. The molecule has 4 rings (SSSR count). The van der Waals surface area contributed by atoms with Crippen molar-refractivity contribution in [3.05, 3.63) is 22.8 Å². The van der Waals surface area contributed by atoms with Crippen molar-refractivity contribution in [1.29, 1.82) is 0 Å². The summed E-state index contributed by atoms with van der Waals surface area (Å²) in [4.78, 5) is 23.8. The van der Waals surface area contributed by atoms with E-state index in [9.17, 15) is 9.59 Å². The number of carbonyl (C=O) groups excluding carboxylic acids is 1. The van der Waals surface area contributed by atoms with Gasteiger partial charge in [0.2, 0.25) is 0 Å². The molecule has 4 N–H and O–H groups in total. The number of rotatable bonds is 7. The lowest BCUT2D eigenvalue weighted by atomic mass is 9.53. The number of hydrogen-bond acceptors (Lipinski definition) is 5. The molecule has 7 heteroatoms. The van der Waals surface area contributed by atoms with Gasteiger partial charge in [0, 0.05) is 18.3 Å². The number of unbranched alkanes of at least 4 members (excludes halogenated alkanes) is 1. The van der Waals surface area contributed by atoms with Crippen molar-refractivity contribution in [3.63, 3.8) is 0 Å². The lowest BCUT2D eigenvalue weighted by Crippen LogP contribution is -2.44. The number of nitrogens with two attached hydrogens (primary N) is 1. The van der Waals surface area contributed by atoms with Crippen molar-refractivity contribution >= 4 is 23.8 Å². The molecule has 0 aromatic heterocycles. The zero-order valence-corrected chi connectivity index (χ0v) is 18.4. The molecular weight excluding hydrogens is 392 g/mol. The number of nitrogens with zero attached hydrogens (tertiary/aromatic N) is 2. The maximum atomic E-state index is 12.9. The maximum Gasteiger partial charge on any atom is 0.303 e. The molecule has 2 fully saturated rings. The highest BCUT2D eigenvalue weighted by Crippen LogP contribution is 2.61. The van der Waals surface area contributed by atoms with Gasteiger partial charge in [0.05, 0.1) is 5.71 Å². The predicted molar refractivity (Wildman–Crippen MR) is 120 cm³/mol. The van der Waals surface area contributed by atoms with Crippen LogP contribution in [0.5, 0.6) is 0 Å². The Balaban J connectivity index is 1.63. The summed E-state index contributed by atoms with van der Waals surface area (Å²) in [5, 5.41) is 16.8. The molecule has 0 bridgehead atoms. The molecule has 0 aliphatic heterocycles. The molecule has 4 atom stereocenters. The molecule has 0 saturated heterocycles. The average Bonchev–Trinajstić information content (AvgIpc) is 3.05. The van der Waals surface area contributed by atoms with Crippen LogP contribution >= 0.6 is 0 Å². The Morgan fingerprint density at radius 1 is 1.29 bits per heavy atom. The molecule has 168 valence electrons. The summed E-state index contributed by atoms with van der Waals surface area (Å²) >= 11 is 0. The molecule has 7 nitrogen and oxygen atoms in total. The number of aliphatic carboxylic acids is 1. The summed E-state index contributed by atoms with van der Waals surface area (Å²) in [5.41, 5.74) is 8.10. The van der Waals surface area contributed by atoms with Crippen molar-refractivity contribution in [2.45, 2.75) is 77.6 Å². The van der Waals surface area contributed by atoms with E-state index in [0.29, 0.717) is 30.0 Å². The van der Waals surface area contributed by atoms with Gasteiger partial charge in [0.25, 0.3) is 0 Å². The van der Waals surface area contributed by atoms with Gasteiger partial charge in [-0.2, -0.15) is 10.2 Å². The second kappa shape index (κ2) is 8.97. The molecule has 31 heavy (non-hydrogen) atoms. The summed E-state index contributed by atoms with van der Waals surface area (Å²) in [6.45, 7) is 2.21. The van der Waals surface area contributed by atoms with E-state index >= 15 is 0 Å². The molecule has 0 radical (unpaired) electrons. The van der Waals surface area contributed by atoms with Crippen molar-refractivity contribution in [1.82, 2.24) is 5.43 Å². The Labute approximate surface area is 183 Å². The fourth-order valence-electron chi connectivity index (χ4n) is 6.77. The van der Waals surface area contributed by atoms with Gasteiger partial charge in [-0.1, -0.05) is 18.9 Å². The fraction of sp³-hybridized carbons (Fsp3) is 0.667. The predicted octanol–water partition coefficient (Wildman–Crippen LogP) is 3.91. The fourth-order valence-corrected chi connectivity index (χ4v) is 6.77. The first-order valence-electron chi connectivity index (χ1n) is 11.7. The van der Waals surface area contributed by atoms with Gasteiger partial charge < -0.3 is 10.9 Å². The van der Waals surface area contributed by atoms with Crippen LogP contribution in [-0.2, 0) is 9.59 Å². The number of ketones is 1. The third-order valence-electron chi connectivity index (χ3n) is 8.10. The number of nitrogens with one attached hydrogen (secondary N) is 1. The SMILES string of the molecule is C[C@]12C[C@H](CCCCC(=O)O)C3=C4CCC(=NNC=NN)C=C4CC[C@H]3[C@@H]1CCC2=O. The van der Waals surface area contributed by atoms with Gasteiger partial charge in [-0.15, -0.1) is 0 Å². The van der Waals surface area contributed by atoms with E-state index in [2.05, 4.69) is 28.6 Å². The van der Waals surface area contributed by atoms with Crippen molar-refractivity contribution in [2.75, 3.05) is 0 Å². The van der Waals surface area contributed by atoms with Crippen molar-refractivity contribution < 1.29 is 14.7 Å². The first-order valence-corrected chi connectivity index (χ1v) is 11.7. The lowest BCUT2D eigenvalue weighted by molar-refractivity contribution is -0.137. The van der Waals surface area contributed by atoms with Crippen LogP contribution in [-0.4, -0.2) is 28.9 Å². The van der Waals surface area contributed by atoms with E-state index in [0.717, 1.165) is 63.5 Å². The third-order valence-corrected chi connectivity index (χ3v) is 8.10. The molecule has 0 spiro atoms. The van der Waals surface area contributed by atoms with Crippen LogP contribution in [0.3, 0.4) is 0 Å². The van der Waals surface area contributed by atoms with Gasteiger partial charge in [-0.25, -0.2) is 0 Å². The number of hydrazone groups is 2. The Hall–Kier alpha value is -2.44. The Morgan fingerprint density at radius 2 is 2.13 bits per heavy atom. The number of Topliss-reactive ketones (excluding diaryl/α,β-unsaturated/α-hetero) is 1. The molecule has 2 saturated carbocycles. The summed E-state index contributed by atoms with van der Waals surface area (Å²) in [6, 6.07) is 0. The summed E-state index contributed by atoms with van der Waals surface area (Å²) in [5.74, 6) is 6.21. The molecule has 0 amide bonds. The average molecular weight is 427 g/mol. The number of carboxylic acid groups (broad SMARTS) is 1. The van der Waals surface area contributed by atoms with Crippen LogP contribution < -0.4 is 11.3 Å². The Morgan fingerprint density at radius 3 is 2.90 bits per heavy atom. The minimum atomic E-state index is -0.725. The Kier molecular flexibility index (Phi) is 6.30. The van der Waals surface area contributed by atoms with E-state index < -0.39 is 5.97 Å². The van der Waals surface area contributed by atoms with E-state index in [-0.39, 0.29) is 11.8 Å².